The van der Waals surface area contributed by atoms with E-state index in [2.05, 4.69) is 23.7 Å². The quantitative estimate of drug-likeness (QED) is 0.643. The second-order valence-electron chi connectivity index (χ2n) is 4.07. The van der Waals surface area contributed by atoms with Gasteiger partial charge in [-0.1, -0.05) is 13.0 Å². The molecule has 1 heterocycles. The van der Waals surface area contributed by atoms with Crippen LogP contribution >= 0.6 is 0 Å². The van der Waals surface area contributed by atoms with Gasteiger partial charge in [0.05, 0.1) is 12.7 Å². The molecule has 0 amide bonds. The van der Waals surface area contributed by atoms with Gasteiger partial charge in [-0.05, 0) is 19.4 Å². The van der Waals surface area contributed by atoms with Gasteiger partial charge in [0.15, 0.2) is 0 Å². The van der Waals surface area contributed by atoms with Crippen LogP contribution in [0.4, 0.5) is 0 Å². The molecule has 3 nitrogen and oxygen atoms in total. The first-order valence-electron chi connectivity index (χ1n) is 6.02. The summed E-state index contributed by atoms with van der Waals surface area (Å²) in [6.07, 6.45) is 4.72. The maximum atomic E-state index is 5.67. The maximum Gasteiger partial charge on any atom is 0.0712 e. The minimum atomic E-state index is 0.405. The zero-order valence-electron chi connectivity index (χ0n) is 9.87. The summed E-state index contributed by atoms with van der Waals surface area (Å²) in [6, 6.07) is 0. The van der Waals surface area contributed by atoms with Crippen molar-refractivity contribution in [3.63, 3.8) is 0 Å². The van der Waals surface area contributed by atoms with Gasteiger partial charge in [0.25, 0.3) is 0 Å². The summed E-state index contributed by atoms with van der Waals surface area (Å²) in [5.74, 6) is 0. The average Bonchev–Trinajstić information content (AvgIpc) is 2.28. The molecule has 1 fully saturated rings. The number of ether oxygens (including phenoxy) is 1. The lowest BCUT2D eigenvalue weighted by molar-refractivity contribution is 0.0180. The Bertz CT molecular complexity index is 167. The molecule has 1 N–H and O–H groups in total. The van der Waals surface area contributed by atoms with Gasteiger partial charge in [-0.2, -0.15) is 0 Å². The van der Waals surface area contributed by atoms with Gasteiger partial charge < -0.3 is 10.1 Å². The highest BCUT2D eigenvalue weighted by Gasteiger charge is 2.14. The summed E-state index contributed by atoms with van der Waals surface area (Å²) >= 11 is 0. The van der Waals surface area contributed by atoms with Crippen molar-refractivity contribution < 1.29 is 4.74 Å². The van der Waals surface area contributed by atoms with Gasteiger partial charge in [0, 0.05) is 26.2 Å². The molecule has 1 saturated heterocycles. The molecule has 0 aliphatic carbocycles. The van der Waals surface area contributed by atoms with Crippen molar-refractivity contribution in [3.05, 3.63) is 12.7 Å². The summed E-state index contributed by atoms with van der Waals surface area (Å²) in [5.41, 5.74) is 0. The third kappa shape index (κ3) is 5.30. The third-order valence-electron chi connectivity index (χ3n) is 2.70. The predicted molar refractivity (Wildman–Crippen MR) is 64.2 cm³/mol. The van der Waals surface area contributed by atoms with Crippen LogP contribution in [0.25, 0.3) is 0 Å². The fraction of sp³-hybridized carbons (Fsp3) is 0.833. The number of morpholine rings is 1. The first kappa shape index (κ1) is 12.7. The number of hydrogen-bond acceptors (Lipinski definition) is 3. The molecular formula is C12H24N2O. The van der Waals surface area contributed by atoms with Crippen LogP contribution < -0.4 is 5.32 Å². The zero-order valence-corrected chi connectivity index (χ0v) is 9.87. The summed E-state index contributed by atoms with van der Waals surface area (Å²) in [6.45, 7) is 12.2. The molecule has 0 spiro atoms. The fourth-order valence-electron chi connectivity index (χ4n) is 1.92. The van der Waals surface area contributed by atoms with Crippen molar-refractivity contribution >= 4 is 0 Å². The lowest BCUT2D eigenvalue weighted by Gasteiger charge is -2.27. The van der Waals surface area contributed by atoms with Crippen molar-refractivity contribution in [2.75, 3.05) is 39.3 Å². The van der Waals surface area contributed by atoms with E-state index in [-0.39, 0.29) is 0 Å². The highest BCUT2D eigenvalue weighted by molar-refractivity contribution is 4.75. The summed E-state index contributed by atoms with van der Waals surface area (Å²) < 4.78 is 5.67. The second kappa shape index (κ2) is 7.85. The normalized spacial score (nSPS) is 21.9. The number of rotatable bonds is 7. The molecule has 0 aromatic carbocycles. The number of hydrogen-bond donors (Lipinski definition) is 1. The van der Waals surface area contributed by atoms with Crippen molar-refractivity contribution in [2.24, 2.45) is 0 Å². The molecule has 0 aromatic heterocycles. The molecular weight excluding hydrogens is 188 g/mol. The van der Waals surface area contributed by atoms with Gasteiger partial charge in [-0.3, -0.25) is 4.90 Å². The molecule has 1 aliphatic rings. The smallest absolute Gasteiger partial charge is 0.0712 e. The molecule has 1 rings (SSSR count). The standard InChI is InChI=1S/C12H24N2O/c1-3-7-14(8-4-2)9-5-12-11-13-6-10-15-12/h3,12-13H,1,4-11H2,2H3. The van der Waals surface area contributed by atoms with E-state index in [0.29, 0.717) is 6.10 Å². The van der Waals surface area contributed by atoms with Crippen LogP contribution in [0.1, 0.15) is 19.8 Å². The Labute approximate surface area is 93.5 Å². The van der Waals surface area contributed by atoms with Gasteiger partial charge in [0.1, 0.15) is 0 Å². The van der Waals surface area contributed by atoms with E-state index in [4.69, 9.17) is 4.74 Å². The second-order valence-corrected chi connectivity index (χ2v) is 4.07. The molecule has 1 aliphatic heterocycles. The SMILES string of the molecule is C=CCN(CCC)CCC1CNCCO1. The summed E-state index contributed by atoms with van der Waals surface area (Å²) in [7, 11) is 0. The van der Waals surface area contributed by atoms with Crippen LogP contribution in [0.2, 0.25) is 0 Å². The van der Waals surface area contributed by atoms with E-state index < -0.39 is 0 Å². The summed E-state index contributed by atoms with van der Waals surface area (Å²) in [5, 5.41) is 3.36. The number of nitrogens with one attached hydrogen (secondary N) is 1. The first-order chi connectivity index (χ1) is 7.36. The average molecular weight is 212 g/mol. The molecule has 15 heavy (non-hydrogen) atoms. The van der Waals surface area contributed by atoms with E-state index in [1.54, 1.807) is 0 Å². The van der Waals surface area contributed by atoms with Crippen molar-refractivity contribution in [1.82, 2.24) is 10.2 Å². The fourth-order valence-corrected chi connectivity index (χ4v) is 1.92. The van der Waals surface area contributed by atoms with Crippen LogP contribution in [0, 0.1) is 0 Å². The maximum absolute atomic E-state index is 5.67. The lowest BCUT2D eigenvalue weighted by atomic mass is 10.2. The Kier molecular flexibility index (Phi) is 6.64. The highest BCUT2D eigenvalue weighted by atomic mass is 16.5. The van der Waals surface area contributed by atoms with E-state index >= 15 is 0 Å². The van der Waals surface area contributed by atoms with Crippen molar-refractivity contribution in [3.8, 4) is 0 Å². The minimum Gasteiger partial charge on any atom is -0.376 e. The molecule has 0 saturated carbocycles. The number of nitrogens with zero attached hydrogens (tertiary/aromatic N) is 1. The van der Waals surface area contributed by atoms with Crippen LogP contribution in [0.5, 0.6) is 0 Å². The van der Waals surface area contributed by atoms with Gasteiger partial charge in [-0.15, -0.1) is 6.58 Å². The van der Waals surface area contributed by atoms with Gasteiger partial charge >= 0.3 is 0 Å². The Balaban J connectivity index is 2.16. The van der Waals surface area contributed by atoms with E-state index in [0.717, 1.165) is 45.8 Å². The Morgan fingerprint density at radius 1 is 1.53 bits per heavy atom. The van der Waals surface area contributed by atoms with Crippen LogP contribution in [-0.4, -0.2) is 50.3 Å². The van der Waals surface area contributed by atoms with Crippen LogP contribution in [0.15, 0.2) is 12.7 Å². The monoisotopic (exact) mass is 212 g/mol. The highest BCUT2D eigenvalue weighted by Crippen LogP contribution is 2.04. The van der Waals surface area contributed by atoms with Crippen LogP contribution in [-0.2, 0) is 4.74 Å². The van der Waals surface area contributed by atoms with Crippen molar-refractivity contribution in [2.45, 2.75) is 25.9 Å². The van der Waals surface area contributed by atoms with E-state index in [9.17, 15) is 0 Å². The Morgan fingerprint density at radius 3 is 3.00 bits per heavy atom. The molecule has 1 atom stereocenters. The lowest BCUT2D eigenvalue weighted by Crippen LogP contribution is -2.40. The molecule has 0 bridgehead atoms. The molecule has 88 valence electrons. The van der Waals surface area contributed by atoms with E-state index in [1.165, 1.54) is 6.42 Å². The van der Waals surface area contributed by atoms with Gasteiger partial charge in [0.2, 0.25) is 0 Å². The molecule has 0 radical (unpaired) electrons. The van der Waals surface area contributed by atoms with Crippen LogP contribution in [0.3, 0.4) is 0 Å². The first-order valence-corrected chi connectivity index (χ1v) is 6.02. The largest absolute Gasteiger partial charge is 0.376 e. The van der Waals surface area contributed by atoms with Crippen molar-refractivity contribution in [1.29, 1.82) is 0 Å². The zero-order chi connectivity index (χ0) is 10.9. The van der Waals surface area contributed by atoms with E-state index in [1.807, 2.05) is 6.08 Å². The minimum absolute atomic E-state index is 0.405. The predicted octanol–water partition coefficient (Wildman–Crippen LogP) is 1.26. The molecule has 0 aromatic rings. The Morgan fingerprint density at radius 2 is 2.40 bits per heavy atom. The summed E-state index contributed by atoms with van der Waals surface area (Å²) in [4.78, 5) is 2.44. The Hall–Kier alpha value is -0.380. The molecule has 3 heteroatoms. The topological polar surface area (TPSA) is 24.5 Å². The third-order valence-corrected chi connectivity index (χ3v) is 2.70. The molecule has 1 unspecified atom stereocenters. The van der Waals surface area contributed by atoms with Gasteiger partial charge in [-0.25, -0.2) is 0 Å².